The Balaban J connectivity index is 2.61. The second-order valence-corrected chi connectivity index (χ2v) is 5.84. The van der Waals surface area contributed by atoms with E-state index in [9.17, 15) is 9.46 Å². The minimum atomic E-state index is -3.28. The molecular formula is C11H19N2O2P. The summed E-state index contributed by atoms with van der Waals surface area (Å²) in [5, 5.41) is 2.83. The van der Waals surface area contributed by atoms with Gasteiger partial charge in [-0.05, 0) is 30.5 Å². The molecule has 1 aromatic rings. The molecule has 1 unspecified atom stereocenters. The lowest BCUT2D eigenvalue weighted by atomic mass is 10.2. The third-order valence-corrected chi connectivity index (χ3v) is 4.08. The molecule has 4 nitrogen and oxygen atoms in total. The van der Waals surface area contributed by atoms with Crippen LogP contribution < -0.4 is 5.09 Å². The lowest BCUT2D eigenvalue weighted by molar-refractivity contribution is 0.438. The lowest BCUT2D eigenvalue weighted by Gasteiger charge is -2.19. The van der Waals surface area contributed by atoms with E-state index in [1.807, 2.05) is 13.8 Å². The van der Waals surface area contributed by atoms with Gasteiger partial charge in [-0.2, -0.15) is 0 Å². The maximum absolute atomic E-state index is 11.9. The molecule has 0 aliphatic rings. The van der Waals surface area contributed by atoms with Crippen LogP contribution in [0.2, 0.25) is 0 Å². The Morgan fingerprint density at radius 3 is 2.44 bits per heavy atom. The Morgan fingerprint density at radius 1 is 1.38 bits per heavy atom. The van der Waals surface area contributed by atoms with Crippen LogP contribution in [0.4, 0.5) is 0 Å². The van der Waals surface area contributed by atoms with Crippen LogP contribution in [0, 0.1) is 0 Å². The summed E-state index contributed by atoms with van der Waals surface area (Å²) >= 11 is 0. The van der Waals surface area contributed by atoms with Crippen molar-refractivity contribution in [2.45, 2.75) is 38.9 Å². The van der Waals surface area contributed by atoms with Gasteiger partial charge in [-0.15, -0.1) is 0 Å². The monoisotopic (exact) mass is 242 g/mol. The highest BCUT2D eigenvalue weighted by Crippen LogP contribution is 2.40. The number of pyridine rings is 1. The van der Waals surface area contributed by atoms with Crippen molar-refractivity contribution in [3.63, 3.8) is 0 Å². The van der Waals surface area contributed by atoms with Gasteiger partial charge in [0.2, 0.25) is 0 Å². The summed E-state index contributed by atoms with van der Waals surface area (Å²) in [6, 6.07) is 3.63. The van der Waals surface area contributed by atoms with E-state index in [1.54, 1.807) is 24.5 Å². The van der Waals surface area contributed by atoms with Crippen molar-refractivity contribution >= 4 is 7.52 Å². The first-order valence-electron chi connectivity index (χ1n) is 5.56. The highest BCUT2D eigenvalue weighted by atomic mass is 31.2. The van der Waals surface area contributed by atoms with Crippen molar-refractivity contribution in [2.75, 3.05) is 0 Å². The Kier molecular flexibility index (Phi) is 5.13. The van der Waals surface area contributed by atoms with Crippen LogP contribution in [0.3, 0.4) is 0 Å². The normalized spacial score (nSPS) is 15.0. The summed E-state index contributed by atoms with van der Waals surface area (Å²) in [5.74, 6) is 0. The molecule has 1 rings (SSSR count). The van der Waals surface area contributed by atoms with E-state index in [2.05, 4.69) is 10.1 Å². The molecule has 0 aromatic carbocycles. The molecule has 0 bridgehead atoms. The van der Waals surface area contributed by atoms with Gasteiger partial charge in [-0.1, -0.05) is 13.8 Å². The van der Waals surface area contributed by atoms with E-state index in [0.29, 0.717) is 0 Å². The maximum atomic E-state index is 11.9. The quantitative estimate of drug-likeness (QED) is 0.752. The van der Waals surface area contributed by atoms with Gasteiger partial charge in [0.1, 0.15) is 0 Å². The fourth-order valence-corrected chi connectivity index (χ4v) is 3.27. The summed E-state index contributed by atoms with van der Waals surface area (Å²) in [6.07, 6.45) is 5.14. The Morgan fingerprint density at radius 2 is 1.94 bits per heavy atom. The molecule has 1 atom stereocenters. The summed E-state index contributed by atoms with van der Waals surface area (Å²) in [6.45, 7) is 4.02. The van der Waals surface area contributed by atoms with Crippen LogP contribution in [0.1, 0.15) is 32.3 Å². The van der Waals surface area contributed by atoms with E-state index in [4.69, 9.17) is 0 Å². The molecule has 0 aliphatic heterocycles. The van der Waals surface area contributed by atoms with Gasteiger partial charge in [0, 0.05) is 18.4 Å². The summed E-state index contributed by atoms with van der Waals surface area (Å²) in [5.41, 5.74) is 0.833. The van der Waals surface area contributed by atoms with Crippen LogP contribution in [-0.2, 0) is 10.7 Å². The number of nitrogens with zero attached hydrogens (tertiary/aromatic N) is 1. The smallest absolute Gasteiger partial charge is 0.271 e. The standard InChI is InChI=1S/C11H19N2O2P/c1-3-11(4-2)13-16(14,15)9-10-5-7-12-8-6-10/h5-8,11H,3-4,9H2,1-2H3,(H2,13,14,15). The molecule has 1 aromatic heterocycles. The lowest BCUT2D eigenvalue weighted by Crippen LogP contribution is -2.25. The van der Waals surface area contributed by atoms with E-state index < -0.39 is 7.52 Å². The van der Waals surface area contributed by atoms with Gasteiger partial charge >= 0.3 is 0 Å². The highest BCUT2D eigenvalue weighted by molar-refractivity contribution is 7.55. The van der Waals surface area contributed by atoms with E-state index in [0.717, 1.165) is 18.4 Å². The summed E-state index contributed by atoms with van der Waals surface area (Å²) in [4.78, 5) is 13.7. The SMILES string of the molecule is CCC(CC)NP(=O)(O)Cc1ccncc1. The summed E-state index contributed by atoms with van der Waals surface area (Å²) < 4.78 is 11.9. The number of rotatable bonds is 6. The third-order valence-electron chi connectivity index (χ3n) is 2.52. The zero-order valence-corrected chi connectivity index (χ0v) is 10.7. The number of hydrogen-bond donors (Lipinski definition) is 2. The Bertz CT molecular complexity index is 352. The zero-order valence-electron chi connectivity index (χ0n) is 9.76. The van der Waals surface area contributed by atoms with Crippen molar-refractivity contribution < 1.29 is 9.46 Å². The molecule has 1 heterocycles. The van der Waals surface area contributed by atoms with Crippen LogP contribution in [0.15, 0.2) is 24.5 Å². The molecule has 0 amide bonds. The number of aromatic nitrogens is 1. The molecule has 0 spiro atoms. The van der Waals surface area contributed by atoms with Crippen molar-refractivity contribution in [1.29, 1.82) is 0 Å². The predicted molar refractivity (Wildman–Crippen MR) is 65.3 cm³/mol. The minimum absolute atomic E-state index is 0.109. The van der Waals surface area contributed by atoms with Crippen LogP contribution in [0.5, 0.6) is 0 Å². The molecule has 90 valence electrons. The largest absolute Gasteiger partial charge is 0.333 e. The third kappa shape index (κ3) is 4.44. The Labute approximate surface area is 96.6 Å². The van der Waals surface area contributed by atoms with Gasteiger partial charge < -0.3 is 4.89 Å². The van der Waals surface area contributed by atoms with Gasteiger partial charge in [-0.3, -0.25) is 9.55 Å². The molecule has 16 heavy (non-hydrogen) atoms. The molecule has 0 aliphatic carbocycles. The fraction of sp³-hybridized carbons (Fsp3) is 0.545. The van der Waals surface area contributed by atoms with Gasteiger partial charge in [0.15, 0.2) is 0 Å². The minimum Gasteiger partial charge on any atom is -0.333 e. The van der Waals surface area contributed by atoms with Gasteiger partial charge in [0.25, 0.3) is 7.52 Å². The number of nitrogens with one attached hydrogen (secondary N) is 1. The Hall–Kier alpha value is -0.700. The fourth-order valence-electron chi connectivity index (χ4n) is 1.54. The molecular weight excluding hydrogens is 223 g/mol. The average Bonchev–Trinajstić information content (AvgIpc) is 2.26. The maximum Gasteiger partial charge on any atom is 0.271 e. The first-order chi connectivity index (χ1) is 7.57. The van der Waals surface area contributed by atoms with Crippen LogP contribution in [0.25, 0.3) is 0 Å². The van der Waals surface area contributed by atoms with Gasteiger partial charge in [-0.25, -0.2) is 5.09 Å². The van der Waals surface area contributed by atoms with Crippen molar-refractivity contribution in [3.8, 4) is 0 Å². The average molecular weight is 242 g/mol. The molecule has 0 saturated carbocycles. The van der Waals surface area contributed by atoms with Crippen LogP contribution >= 0.6 is 7.52 Å². The van der Waals surface area contributed by atoms with E-state index in [-0.39, 0.29) is 12.2 Å². The highest BCUT2D eigenvalue weighted by Gasteiger charge is 2.21. The van der Waals surface area contributed by atoms with E-state index >= 15 is 0 Å². The van der Waals surface area contributed by atoms with Crippen molar-refractivity contribution in [2.24, 2.45) is 0 Å². The van der Waals surface area contributed by atoms with Crippen molar-refractivity contribution in [3.05, 3.63) is 30.1 Å². The molecule has 0 radical (unpaired) electrons. The second kappa shape index (κ2) is 6.14. The summed E-state index contributed by atoms with van der Waals surface area (Å²) in [7, 11) is -3.28. The van der Waals surface area contributed by atoms with Gasteiger partial charge in [0.05, 0.1) is 6.16 Å². The first-order valence-corrected chi connectivity index (χ1v) is 7.40. The molecule has 2 N–H and O–H groups in total. The topological polar surface area (TPSA) is 62.2 Å². The second-order valence-electron chi connectivity index (χ2n) is 3.86. The molecule has 0 saturated heterocycles. The first kappa shape index (κ1) is 13.4. The molecule has 0 fully saturated rings. The van der Waals surface area contributed by atoms with Crippen LogP contribution in [-0.4, -0.2) is 15.9 Å². The van der Waals surface area contributed by atoms with Crippen molar-refractivity contribution in [1.82, 2.24) is 10.1 Å². The zero-order chi connectivity index (χ0) is 12.0. The molecule has 5 heteroatoms. The predicted octanol–water partition coefficient (Wildman–Crippen LogP) is 2.55. The van der Waals surface area contributed by atoms with E-state index in [1.165, 1.54) is 0 Å². The number of hydrogen-bond acceptors (Lipinski definition) is 2.